The zero-order valence-corrected chi connectivity index (χ0v) is 5.41. The molecule has 0 spiro atoms. The molecular weight excluding hydrogens is 235 g/mol. The number of hydrogen-bond acceptors (Lipinski definition) is 4. The Bertz CT molecular complexity index is 31.5. The molecule has 0 aliphatic heterocycles. The Labute approximate surface area is 105 Å². The monoisotopic (exact) mass is 246 g/mol. The zero-order chi connectivity index (χ0) is 4.50. The van der Waals surface area contributed by atoms with Crippen LogP contribution in [0.4, 0.5) is 0 Å². The Morgan fingerprint density at radius 2 is 0.875 bits per heavy atom. The predicted octanol–water partition coefficient (Wildman–Crippen LogP) is -4.38. The van der Waals surface area contributed by atoms with E-state index >= 15 is 0 Å². The third-order valence-electron chi connectivity index (χ3n) is 0. The summed E-state index contributed by atoms with van der Waals surface area (Å²) in [6, 6.07) is 0. The van der Waals surface area contributed by atoms with Crippen LogP contribution in [0.15, 0.2) is 0 Å². The standard InChI is InChI=1S/Mg.H4O4Si.H3P.Sr.4H/c;1-5(2,3)4;;;;;;/h;1-4H;1H3;;;;;. The molecule has 4 N–H and O–H groups in total. The Morgan fingerprint density at radius 3 is 0.875 bits per heavy atom. The van der Waals surface area contributed by atoms with Crippen molar-refractivity contribution in [3.63, 3.8) is 0 Å². The van der Waals surface area contributed by atoms with Gasteiger partial charge in [-0.1, -0.05) is 0 Å². The average Bonchev–Trinajstić information content (AvgIpc) is 0.722. The molecule has 0 fully saturated rings. The molecule has 0 aromatic heterocycles. The minimum absolute atomic E-state index is 0. The fraction of sp³-hybridized carbons (Fsp3) is 0. The molecule has 8 heteroatoms. The first-order valence-corrected chi connectivity index (χ1v) is 2.68. The van der Waals surface area contributed by atoms with Crippen LogP contribution in [0.1, 0.15) is 0 Å². The van der Waals surface area contributed by atoms with Crippen LogP contribution >= 0.6 is 9.90 Å². The second-order valence-corrected chi connectivity index (χ2v) is 1.80. The molecule has 8 heavy (non-hydrogen) atoms. The molecular formula is H11MgO4PSiSr. The van der Waals surface area contributed by atoms with Gasteiger partial charge in [-0.2, -0.15) is 9.90 Å². The third kappa shape index (κ3) is 69.9. The van der Waals surface area contributed by atoms with E-state index in [0.29, 0.717) is 0 Å². The van der Waals surface area contributed by atoms with Crippen LogP contribution in [0.25, 0.3) is 0 Å². The quantitative estimate of drug-likeness (QED) is 0.257. The van der Waals surface area contributed by atoms with Crippen LogP contribution < -0.4 is 0 Å². The summed E-state index contributed by atoms with van der Waals surface area (Å²) in [5.41, 5.74) is 0. The van der Waals surface area contributed by atoms with E-state index in [1.54, 1.807) is 0 Å². The molecule has 0 saturated heterocycles. The van der Waals surface area contributed by atoms with Crippen molar-refractivity contribution in [1.29, 1.82) is 0 Å². The fourth-order valence-corrected chi connectivity index (χ4v) is 0. The Balaban J connectivity index is -0.0000000267. The van der Waals surface area contributed by atoms with Crippen molar-refractivity contribution in [3.8, 4) is 0 Å². The number of rotatable bonds is 0. The van der Waals surface area contributed by atoms with Crippen molar-refractivity contribution in [1.82, 2.24) is 0 Å². The van der Waals surface area contributed by atoms with Crippen LogP contribution in [0, 0.1) is 0 Å². The molecule has 0 aromatic carbocycles. The summed E-state index contributed by atoms with van der Waals surface area (Å²) in [7, 11) is -4.61. The molecule has 48 valence electrons. The van der Waals surface area contributed by atoms with Crippen LogP contribution in [0.5, 0.6) is 0 Å². The fourth-order valence-electron chi connectivity index (χ4n) is 0. The third-order valence-corrected chi connectivity index (χ3v) is 0. The van der Waals surface area contributed by atoms with Crippen LogP contribution in [-0.2, 0) is 0 Å². The van der Waals surface area contributed by atoms with Gasteiger partial charge in [-0.3, -0.25) is 0 Å². The summed E-state index contributed by atoms with van der Waals surface area (Å²) in [4.78, 5) is 29.3. The van der Waals surface area contributed by atoms with Gasteiger partial charge >= 0.3 is 77.6 Å². The summed E-state index contributed by atoms with van der Waals surface area (Å²) in [6.45, 7) is 0. The molecule has 0 aromatic rings. The Morgan fingerprint density at radius 1 is 0.875 bits per heavy atom. The molecule has 0 rings (SSSR count). The molecule has 0 heterocycles. The second-order valence-electron chi connectivity index (χ2n) is 0.600. The molecule has 1 atom stereocenters. The zero-order valence-electron chi connectivity index (χ0n) is 3.00. The van der Waals surface area contributed by atoms with Crippen molar-refractivity contribution in [2.45, 2.75) is 0 Å². The molecule has 0 amide bonds. The van der Waals surface area contributed by atoms with E-state index in [9.17, 15) is 0 Å². The molecule has 0 aliphatic rings. The van der Waals surface area contributed by atoms with E-state index in [-0.39, 0.29) is 78.4 Å². The van der Waals surface area contributed by atoms with Crippen molar-refractivity contribution in [2.24, 2.45) is 0 Å². The first-order valence-electron chi connectivity index (χ1n) is 0.894. The van der Waals surface area contributed by atoms with Gasteiger partial charge in [-0.05, 0) is 0 Å². The van der Waals surface area contributed by atoms with E-state index in [0.717, 1.165) is 0 Å². The van der Waals surface area contributed by atoms with E-state index in [1.165, 1.54) is 0 Å². The summed E-state index contributed by atoms with van der Waals surface area (Å²) >= 11 is 0. The van der Waals surface area contributed by atoms with Crippen molar-refractivity contribution in [3.05, 3.63) is 0 Å². The summed E-state index contributed by atoms with van der Waals surface area (Å²) in [5.74, 6) is 0. The van der Waals surface area contributed by atoms with E-state index in [4.69, 9.17) is 19.2 Å². The first kappa shape index (κ1) is 22.4. The summed E-state index contributed by atoms with van der Waals surface area (Å²) < 4.78 is 0. The van der Waals surface area contributed by atoms with Gasteiger partial charge < -0.3 is 19.2 Å². The van der Waals surface area contributed by atoms with Gasteiger partial charge in [0.05, 0.1) is 0 Å². The molecule has 0 saturated carbocycles. The van der Waals surface area contributed by atoms with Crippen molar-refractivity contribution < 1.29 is 19.2 Å². The first-order chi connectivity index (χ1) is 2.00. The number of hydrogen-bond donors (Lipinski definition) is 4. The average molecular weight is 246 g/mol. The Kier molecular flexibility index (Phi) is 27.3. The molecule has 1 unspecified atom stereocenters. The van der Waals surface area contributed by atoms with Gasteiger partial charge in [-0.25, -0.2) is 0 Å². The Hall–Kier alpha value is 2.73. The van der Waals surface area contributed by atoms with Gasteiger partial charge in [0.1, 0.15) is 0 Å². The van der Waals surface area contributed by atoms with Crippen molar-refractivity contribution in [2.75, 3.05) is 0 Å². The maximum absolute atomic E-state index is 7.33. The molecule has 0 radical (unpaired) electrons. The topological polar surface area (TPSA) is 80.9 Å². The maximum atomic E-state index is 7.33. The van der Waals surface area contributed by atoms with Gasteiger partial charge in [0, 0.05) is 0 Å². The van der Waals surface area contributed by atoms with Crippen LogP contribution in [0.2, 0.25) is 0 Å². The second kappa shape index (κ2) is 9.73. The van der Waals surface area contributed by atoms with E-state index < -0.39 is 9.05 Å². The SMILES string of the molecule is O[Si](O)(O)O.P.[MgH2].[SrH2]. The summed E-state index contributed by atoms with van der Waals surface area (Å²) in [5, 5.41) is 0. The van der Waals surface area contributed by atoms with E-state index in [1.807, 2.05) is 0 Å². The minimum atomic E-state index is -4.61. The van der Waals surface area contributed by atoms with E-state index in [2.05, 4.69) is 0 Å². The predicted molar refractivity (Wildman–Crippen MR) is 42.8 cm³/mol. The van der Waals surface area contributed by atoms with Crippen LogP contribution in [0.3, 0.4) is 0 Å². The molecule has 0 aliphatic carbocycles. The molecule has 4 nitrogen and oxygen atoms in total. The van der Waals surface area contributed by atoms with Crippen LogP contribution in [-0.4, -0.2) is 96.8 Å². The van der Waals surface area contributed by atoms with Gasteiger partial charge in [-0.15, -0.1) is 0 Å². The normalized spacial score (nSPS) is 7.50. The van der Waals surface area contributed by atoms with Crippen molar-refractivity contribution >= 4 is 87.5 Å². The molecule has 0 bridgehead atoms. The van der Waals surface area contributed by atoms with Gasteiger partial charge in [0.2, 0.25) is 0 Å². The van der Waals surface area contributed by atoms with Gasteiger partial charge in [0.25, 0.3) is 0 Å². The summed E-state index contributed by atoms with van der Waals surface area (Å²) in [6.07, 6.45) is 0. The van der Waals surface area contributed by atoms with Gasteiger partial charge in [0.15, 0.2) is 0 Å².